The summed E-state index contributed by atoms with van der Waals surface area (Å²) in [4.78, 5) is 16.9. The maximum atomic E-state index is 12.9. The molecule has 6 heteroatoms. The third-order valence-corrected chi connectivity index (χ3v) is 5.20. The van der Waals surface area contributed by atoms with Gasteiger partial charge in [-0.25, -0.2) is 4.79 Å². The fourth-order valence-corrected chi connectivity index (χ4v) is 3.72. The van der Waals surface area contributed by atoms with E-state index in [9.17, 15) is 4.79 Å². The topological polar surface area (TPSA) is 44.8 Å². The minimum Gasteiger partial charge on any atom is -0.378 e. The van der Waals surface area contributed by atoms with Crippen LogP contribution in [0.4, 0.5) is 16.2 Å². The van der Waals surface area contributed by atoms with Crippen LogP contribution < -0.4 is 10.2 Å². The molecule has 0 unspecified atom stereocenters. The summed E-state index contributed by atoms with van der Waals surface area (Å²) in [7, 11) is 0. The molecule has 2 aliphatic rings. The number of urea groups is 1. The fourth-order valence-electron chi connectivity index (χ4n) is 3.55. The third kappa shape index (κ3) is 3.64. The first-order valence-corrected chi connectivity index (χ1v) is 9.33. The molecule has 0 aromatic heterocycles. The number of benzene rings is 2. The van der Waals surface area contributed by atoms with Gasteiger partial charge in [0.2, 0.25) is 0 Å². The number of anilines is 2. The van der Waals surface area contributed by atoms with Crippen LogP contribution in [0.1, 0.15) is 11.1 Å². The van der Waals surface area contributed by atoms with Crippen LogP contribution in [0.15, 0.2) is 42.5 Å². The summed E-state index contributed by atoms with van der Waals surface area (Å²) in [5.74, 6) is 0. The van der Waals surface area contributed by atoms with Gasteiger partial charge in [-0.2, -0.15) is 0 Å². The summed E-state index contributed by atoms with van der Waals surface area (Å²) < 4.78 is 5.43. The zero-order valence-electron chi connectivity index (χ0n) is 14.6. The number of nitrogens with zero attached hydrogens (tertiary/aromatic N) is 2. The van der Waals surface area contributed by atoms with Crippen molar-refractivity contribution < 1.29 is 9.53 Å². The van der Waals surface area contributed by atoms with Gasteiger partial charge in [0.05, 0.1) is 24.6 Å². The molecule has 2 aliphatic heterocycles. The number of fused-ring (bicyclic) bond motifs is 1. The van der Waals surface area contributed by atoms with Gasteiger partial charge in [0, 0.05) is 31.2 Å². The molecule has 1 N–H and O–H groups in total. The molecule has 0 spiro atoms. The van der Waals surface area contributed by atoms with Crippen LogP contribution in [0.2, 0.25) is 5.02 Å². The SMILES string of the molecule is O=C(Nc1cc(Cl)ccc1N1CCOCC1)N1CCc2ccccc2C1. The minimum absolute atomic E-state index is 0.0868. The van der Waals surface area contributed by atoms with Crippen molar-refractivity contribution in [3.05, 3.63) is 58.6 Å². The number of carbonyl (C=O) groups excluding carboxylic acids is 1. The number of hydrogen-bond acceptors (Lipinski definition) is 3. The van der Waals surface area contributed by atoms with E-state index in [1.165, 1.54) is 11.1 Å². The van der Waals surface area contributed by atoms with Crippen molar-refractivity contribution in [2.45, 2.75) is 13.0 Å². The molecule has 2 amide bonds. The smallest absolute Gasteiger partial charge is 0.322 e. The van der Waals surface area contributed by atoms with Crippen molar-refractivity contribution in [3.63, 3.8) is 0 Å². The van der Waals surface area contributed by atoms with Crippen LogP contribution in [0, 0.1) is 0 Å². The van der Waals surface area contributed by atoms with Crippen molar-refractivity contribution in [3.8, 4) is 0 Å². The lowest BCUT2D eigenvalue weighted by Crippen LogP contribution is -2.40. The van der Waals surface area contributed by atoms with Gasteiger partial charge in [0.15, 0.2) is 0 Å². The van der Waals surface area contributed by atoms with Gasteiger partial charge in [-0.1, -0.05) is 35.9 Å². The van der Waals surface area contributed by atoms with E-state index in [-0.39, 0.29) is 6.03 Å². The number of halogens is 1. The van der Waals surface area contributed by atoms with Gasteiger partial charge < -0.3 is 19.9 Å². The number of amides is 2. The Hall–Kier alpha value is -2.24. The average molecular weight is 372 g/mol. The lowest BCUT2D eigenvalue weighted by atomic mass is 10.0. The minimum atomic E-state index is -0.0868. The highest BCUT2D eigenvalue weighted by molar-refractivity contribution is 6.31. The normalized spacial score (nSPS) is 17.0. The summed E-state index contributed by atoms with van der Waals surface area (Å²) >= 11 is 6.18. The summed E-state index contributed by atoms with van der Waals surface area (Å²) in [6, 6.07) is 13.9. The van der Waals surface area contributed by atoms with Crippen LogP contribution in [0.5, 0.6) is 0 Å². The van der Waals surface area contributed by atoms with E-state index < -0.39 is 0 Å². The molecule has 1 saturated heterocycles. The first-order valence-electron chi connectivity index (χ1n) is 8.96. The maximum Gasteiger partial charge on any atom is 0.322 e. The van der Waals surface area contributed by atoms with E-state index in [4.69, 9.17) is 16.3 Å². The first kappa shape index (κ1) is 17.2. The van der Waals surface area contributed by atoms with Gasteiger partial charge >= 0.3 is 6.03 Å². The molecule has 26 heavy (non-hydrogen) atoms. The Kier molecular flexibility index (Phi) is 5.00. The van der Waals surface area contributed by atoms with Crippen LogP contribution in [0.3, 0.4) is 0 Å². The zero-order chi connectivity index (χ0) is 17.9. The van der Waals surface area contributed by atoms with Gasteiger partial charge in [-0.3, -0.25) is 0 Å². The molecule has 0 bridgehead atoms. The van der Waals surface area contributed by atoms with E-state index in [1.54, 1.807) is 0 Å². The molecular formula is C20H22ClN3O2. The Balaban J connectivity index is 1.52. The Morgan fingerprint density at radius 3 is 2.62 bits per heavy atom. The molecule has 4 rings (SSSR count). The average Bonchev–Trinajstić information content (AvgIpc) is 2.68. The number of hydrogen-bond donors (Lipinski definition) is 1. The standard InChI is InChI=1S/C20H22ClN3O2/c21-17-5-6-19(23-9-11-26-12-10-23)18(13-17)22-20(25)24-8-7-15-3-1-2-4-16(15)14-24/h1-6,13H,7-12,14H2,(H,22,25). The summed E-state index contributed by atoms with van der Waals surface area (Å²) in [5, 5.41) is 3.68. The summed E-state index contributed by atoms with van der Waals surface area (Å²) in [6.45, 7) is 4.35. The van der Waals surface area contributed by atoms with Crippen molar-refractivity contribution >= 4 is 29.0 Å². The third-order valence-electron chi connectivity index (χ3n) is 4.97. The second kappa shape index (κ2) is 7.56. The summed E-state index contributed by atoms with van der Waals surface area (Å²) in [6.07, 6.45) is 0.884. The quantitative estimate of drug-likeness (QED) is 0.874. The van der Waals surface area contributed by atoms with Crippen LogP contribution in [-0.2, 0) is 17.7 Å². The van der Waals surface area contributed by atoms with E-state index in [2.05, 4.69) is 28.4 Å². The molecule has 136 valence electrons. The molecule has 0 aliphatic carbocycles. The molecule has 2 heterocycles. The van der Waals surface area contributed by atoms with Crippen molar-refractivity contribution in [1.29, 1.82) is 0 Å². The largest absolute Gasteiger partial charge is 0.378 e. The van der Waals surface area contributed by atoms with E-state index in [0.29, 0.717) is 24.8 Å². The number of nitrogens with one attached hydrogen (secondary N) is 1. The molecule has 0 atom stereocenters. The molecule has 1 fully saturated rings. The fraction of sp³-hybridized carbons (Fsp3) is 0.350. The monoisotopic (exact) mass is 371 g/mol. The second-order valence-electron chi connectivity index (χ2n) is 6.63. The molecular weight excluding hydrogens is 350 g/mol. The molecule has 2 aromatic carbocycles. The lowest BCUT2D eigenvalue weighted by molar-refractivity contribution is 0.123. The van der Waals surface area contributed by atoms with Crippen LogP contribution >= 0.6 is 11.6 Å². The lowest BCUT2D eigenvalue weighted by Gasteiger charge is -2.32. The van der Waals surface area contributed by atoms with Crippen molar-refractivity contribution in [2.75, 3.05) is 43.1 Å². The highest BCUT2D eigenvalue weighted by Gasteiger charge is 2.22. The van der Waals surface area contributed by atoms with Crippen molar-refractivity contribution in [2.24, 2.45) is 0 Å². The highest BCUT2D eigenvalue weighted by Crippen LogP contribution is 2.30. The van der Waals surface area contributed by atoms with Gasteiger partial charge in [0.25, 0.3) is 0 Å². The predicted octanol–water partition coefficient (Wildman–Crippen LogP) is 3.77. The predicted molar refractivity (Wildman–Crippen MR) is 104 cm³/mol. The Morgan fingerprint density at radius 2 is 1.81 bits per heavy atom. The maximum absolute atomic E-state index is 12.9. The number of carbonyl (C=O) groups is 1. The van der Waals surface area contributed by atoms with Gasteiger partial charge in [-0.05, 0) is 35.7 Å². The summed E-state index contributed by atoms with van der Waals surface area (Å²) in [5.41, 5.74) is 4.29. The first-order chi connectivity index (χ1) is 12.7. The van der Waals surface area contributed by atoms with E-state index >= 15 is 0 Å². The number of ether oxygens (including phenoxy) is 1. The highest BCUT2D eigenvalue weighted by atomic mass is 35.5. The Labute approximate surface area is 158 Å². The molecule has 0 saturated carbocycles. The Bertz CT molecular complexity index is 805. The van der Waals surface area contributed by atoms with Gasteiger partial charge in [-0.15, -0.1) is 0 Å². The van der Waals surface area contributed by atoms with Crippen molar-refractivity contribution in [1.82, 2.24) is 4.90 Å². The number of morpholine rings is 1. The van der Waals surface area contributed by atoms with Crippen LogP contribution in [0.25, 0.3) is 0 Å². The van der Waals surface area contributed by atoms with Crippen LogP contribution in [-0.4, -0.2) is 43.8 Å². The second-order valence-corrected chi connectivity index (χ2v) is 7.07. The van der Waals surface area contributed by atoms with E-state index in [1.807, 2.05) is 29.2 Å². The number of rotatable bonds is 2. The van der Waals surface area contributed by atoms with Gasteiger partial charge in [0.1, 0.15) is 0 Å². The molecule has 5 nitrogen and oxygen atoms in total. The Morgan fingerprint density at radius 1 is 1.04 bits per heavy atom. The zero-order valence-corrected chi connectivity index (χ0v) is 15.3. The molecule has 2 aromatic rings. The van der Waals surface area contributed by atoms with E-state index in [0.717, 1.165) is 37.4 Å². The molecule has 0 radical (unpaired) electrons.